The van der Waals surface area contributed by atoms with E-state index in [1.807, 2.05) is 12.1 Å². The number of ether oxygens (including phenoxy) is 2. The Kier molecular flexibility index (Phi) is 8.66. The van der Waals surface area contributed by atoms with E-state index < -0.39 is 17.8 Å². The molecule has 1 N–H and O–H groups in total. The topological polar surface area (TPSA) is 96.4 Å². The van der Waals surface area contributed by atoms with E-state index in [4.69, 9.17) is 21.1 Å². The second kappa shape index (κ2) is 11.9. The highest BCUT2D eigenvalue weighted by molar-refractivity contribution is 6.30. The van der Waals surface area contributed by atoms with Gasteiger partial charge in [-0.15, -0.1) is 0 Å². The van der Waals surface area contributed by atoms with Crippen LogP contribution in [0.1, 0.15) is 49.3 Å². The van der Waals surface area contributed by atoms with E-state index >= 15 is 0 Å². The molecule has 0 bridgehead atoms. The normalized spacial score (nSPS) is 16.4. The molecule has 8 nitrogen and oxygen atoms in total. The van der Waals surface area contributed by atoms with Crippen molar-refractivity contribution in [2.75, 3.05) is 26.8 Å². The van der Waals surface area contributed by atoms with E-state index in [2.05, 4.69) is 4.90 Å². The number of benzene rings is 2. The van der Waals surface area contributed by atoms with Gasteiger partial charge in [0.15, 0.2) is 11.5 Å². The number of hydrogen-bond acceptors (Lipinski definition) is 6. The number of carbonyl (C=O) groups excluding carboxylic acids is 2. The predicted octanol–water partition coefficient (Wildman–Crippen LogP) is 4.44. The quantitative estimate of drug-likeness (QED) is 0.381. The zero-order chi connectivity index (χ0) is 26.5. The number of nitrogens with zero attached hydrogens (tertiary/aromatic N) is 2. The minimum atomic E-state index is -0.975. The number of carboxylic acid groups (broad SMARTS) is 1. The highest BCUT2D eigenvalue weighted by Gasteiger charge is 2.31. The molecule has 10 heteroatoms. The molecule has 1 saturated heterocycles. The van der Waals surface area contributed by atoms with Crippen LogP contribution in [0.25, 0.3) is 0 Å². The highest BCUT2D eigenvalue weighted by Crippen LogP contribution is 2.37. The largest absolute Gasteiger partial charge is 0.493 e. The number of carboxylic acids is 1. The molecule has 1 aliphatic carbocycles. The Morgan fingerprint density at radius 1 is 1.16 bits per heavy atom. The molecule has 1 heterocycles. The number of likely N-dealkylation sites (tertiary alicyclic amines) is 1. The summed E-state index contributed by atoms with van der Waals surface area (Å²) in [4.78, 5) is 38.6. The number of rotatable bonds is 13. The lowest BCUT2D eigenvalue weighted by Gasteiger charge is -2.32. The molecule has 1 atom stereocenters. The van der Waals surface area contributed by atoms with Gasteiger partial charge in [0, 0.05) is 32.0 Å². The summed E-state index contributed by atoms with van der Waals surface area (Å²) >= 11 is 5.86. The van der Waals surface area contributed by atoms with Crippen LogP contribution < -0.4 is 9.47 Å². The standard InChI is InChI=1S/C27H30ClFN2O6/c1-36-24-12-18(4-7-23(24)37-11-10-31-25(32)8-9-26(31)33)16-30(15-17-2-3-17)22(14-27(34)35)19-5-6-20(28)21(29)13-19/h4-7,12-13,17,22H,2-3,8-11,14-16H2,1H3,(H,34,35). The minimum Gasteiger partial charge on any atom is -0.493 e. The van der Waals surface area contributed by atoms with Crippen molar-refractivity contribution in [3.8, 4) is 11.5 Å². The molecule has 2 fully saturated rings. The van der Waals surface area contributed by atoms with E-state index in [0.717, 1.165) is 18.4 Å². The highest BCUT2D eigenvalue weighted by atomic mass is 35.5. The zero-order valence-corrected chi connectivity index (χ0v) is 21.4. The van der Waals surface area contributed by atoms with Crippen molar-refractivity contribution in [1.29, 1.82) is 0 Å². The molecule has 4 rings (SSSR count). The van der Waals surface area contributed by atoms with Gasteiger partial charge in [0.2, 0.25) is 11.8 Å². The molecular weight excluding hydrogens is 503 g/mol. The molecule has 1 saturated carbocycles. The van der Waals surface area contributed by atoms with Crippen LogP contribution in [0.3, 0.4) is 0 Å². The van der Waals surface area contributed by atoms with Crippen LogP contribution >= 0.6 is 11.6 Å². The first-order chi connectivity index (χ1) is 17.7. The average molecular weight is 533 g/mol. The average Bonchev–Trinajstić information content (AvgIpc) is 3.63. The Labute approximate surface area is 219 Å². The van der Waals surface area contributed by atoms with Crippen LogP contribution in [0.5, 0.6) is 11.5 Å². The van der Waals surface area contributed by atoms with Crippen molar-refractivity contribution >= 4 is 29.4 Å². The molecule has 2 aromatic carbocycles. The maximum absolute atomic E-state index is 14.3. The van der Waals surface area contributed by atoms with Crippen LogP contribution in [0.4, 0.5) is 4.39 Å². The molecule has 1 aliphatic heterocycles. The van der Waals surface area contributed by atoms with Gasteiger partial charge in [0.05, 0.1) is 25.1 Å². The lowest BCUT2D eigenvalue weighted by atomic mass is 10.00. The second-order valence-corrected chi connectivity index (χ2v) is 9.84. The van der Waals surface area contributed by atoms with Crippen molar-refractivity contribution in [3.63, 3.8) is 0 Å². The molecule has 2 amide bonds. The van der Waals surface area contributed by atoms with E-state index in [1.54, 1.807) is 12.1 Å². The van der Waals surface area contributed by atoms with Crippen molar-refractivity contribution in [3.05, 3.63) is 58.4 Å². The summed E-state index contributed by atoms with van der Waals surface area (Å²) in [5.74, 6) is -0.518. The van der Waals surface area contributed by atoms with Gasteiger partial charge in [-0.3, -0.25) is 24.2 Å². The SMILES string of the molecule is COc1cc(CN(CC2CC2)C(CC(=O)O)c2ccc(Cl)c(F)c2)ccc1OCCN1C(=O)CCC1=O. The summed E-state index contributed by atoms with van der Waals surface area (Å²) in [5, 5.41) is 9.61. The van der Waals surface area contributed by atoms with Gasteiger partial charge < -0.3 is 14.6 Å². The molecule has 1 unspecified atom stereocenters. The van der Waals surface area contributed by atoms with E-state index in [9.17, 15) is 23.9 Å². The number of aliphatic carboxylic acids is 1. The molecular formula is C27H30ClFN2O6. The minimum absolute atomic E-state index is 0.00893. The Balaban J connectivity index is 1.50. The van der Waals surface area contributed by atoms with E-state index in [1.165, 1.54) is 24.1 Å². The molecule has 2 aliphatic rings. The van der Waals surface area contributed by atoms with Gasteiger partial charge in [-0.1, -0.05) is 23.7 Å². The third kappa shape index (κ3) is 6.99. The third-order valence-corrected chi connectivity index (χ3v) is 6.97. The van der Waals surface area contributed by atoms with Gasteiger partial charge >= 0.3 is 5.97 Å². The fraction of sp³-hybridized carbons (Fsp3) is 0.444. The summed E-state index contributed by atoms with van der Waals surface area (Å²) in [7, 11) is 1.52. The third-order valence-electron chi connectivity index (χ3n) is 6.67. The maximum Gasteiger partial charge on any atom is 0.305 e. The smallest absolute Gasteiger partial charge is 0.305 e. The van der Waals surface area contributed by atoms with Crippen LogP contribution in [0.15, 0.2) is 36.4 Å². The molecule has 0 radical (unpaired) electrons. The van der Waals surface area contributed by atoms with Crippen LogP contribution in [-0.4, -0.2) is 59.5 Å². The maximum atomic E-state index is 14.3. The Morgan fingerprint density at radius 2 is 1.89 bits per heavy atom. The van der Waals surface area contributed by atoms with Crippen molar-refractivity contribution < 1.29 is 33.4 Å². The summed E-state index contributed by atoms with van der Waals surface area (Å²) < 4.78 is 25.6. The Morgan fingerprint density at radius 3 is 2.51 bits per heavy atom. The number of carbonyl (C=O) groups is 3. The van der Waals surface area contributed by atoms with E-state index in [-0.39, 0.29) is 49.3 Å². The van der Waals surface area contributed by atoms with Gasteiger partial charge in [-0.2, -0.15) is 0 Å². The zero-order valence-electron chi connectivity index (χ0n) is 20.6. The van der Waals surface area contributed by atoms with Crippen molar-refractivity contribution in [1.82, 2.24) is 9.80 Å². The summed E-state index contributed by atoms with van der Waals surface area (Å²) in [6.07, 6.45) is 2.44. The van der Waals surface area contributed by atoms with Gasteiger partial charge in [-0.05, 0) is 54.2 Å². The molecule has 37 heavy (non-hydrogen) atoms. The fourth-order valence-corrected chi connectivity index (χ4v) is 4.68. The number of methoxy groups -OCH3 is 1. The molecule has 0 aromatic heterocycles. The van der Waals surface area contributed by atoms with Gasteiger partial charge in [0.25, 0.3) is 0 Å². The van der Waals surface area contributed by atoms with E-state index in [0.29, 0.717) is 36.1 Å². The number of hydrogen-bond donors (Lipinski definition) is 1. The number of halogens is 2. The molecule has 198 valence electrons. The first kappa shape index (κ1) is 26.9. The summed E-state index contributed by atoms with van der Waals surface area (Å²) in [5.41, 5.74) is 1.43. The first-order valence-electron chi connectivity index (χ1n) is 12.3. The summed E-state index contributed by atoms with van der Waals surface area (Å²) in [6, 6.07) is 9.34. The van der Waals surface area contributed by atoms with Crippen LogP contribution in [0, 0.1) is 11.7 Å². The fourth-order valence-electron chi connectivity index (χ4n) is 4.56. The van der Waals surface area contributed by atoms with Crippen molar-refractivity contribution in [2.24, 2.45) is 5.92 Å². The Hall–Kier alpha value is -3.17. The Bertz CT molecular complexity index is 1160. The van der Waals surface area contributed by atoms with Gasteiger partial charge in [-0.25, -0.2) is 4.39 Å². The van der Waals surface area contributed by atoms with Crippen LogP contribution in [0.2, 0.25) is 5.02 Å². The van der Waals surface area contributed by atoms with Crippen LogP contribution in [-0.2, 0) is 20.9 Å². The lowest BCUT2D eigenvalue weighted by Crippen LogP contribution is -2.33. The number of imide groups is 1. The van der Waals surface area contributed by atoms with Gasteiger partial charge in [0.1, 0.15) is 12.4 Å². The predicted molar refractivity (Wildman–Crippen MR) is 134 cm³/mol. The number of amides is 2. The summed E-state index contributed by atoms with van der Waals surface area (Å²) in [6.45, 7) is 1.42. The second-order valence-electron chi connectivity index (χ2n) is 9.43. The monoisotopic (exact) mass is 532 g/mol. The first-order valence-corrected chi connectivity index (χ1v) is 12.7. The van der Waals surface area contributed by atoms with Crippen molar-refractivity contribution in [2.45, 2.75) is 44.7 Å². The molecule has 2 aromatic rings. The molecule has 0 spiro atoms. The lowest BCUT2D eigenvalue weighted by molar-refractivity contribution is -0.140.